The average Bonchev–Trinajstić information content (AvgIpc) is 2.52. The molecule has 1 aliphatic carbocycles. The van der Waals surface area contributed by atoms with Crippen molar-refractivity contribution in [2.45, 2.75) is 57.4 Å². The van der Waals surface area contributed by atoms with Crippen LogP contribution in [0.5, 0.6) is 0 Å². The standard InChI is InChI=1S/C18H26N2O/c1-13-11-16(15-9-5-6-10-17(15)20-13)18(21)19-12-14-7-3-2-4-8-14/h5-6,9-10,13-14,16,20H,2-4,7-8,11-12H2,1H3,(H,19,21)/t13-,16-/m1/s1. The van der Waals surface area contributed by atoms with E-state index in [2.05, 4.69) is 29.7 Å². The van der Waals surface area contributed by atoms with Crippen LogP contribution in [-0.4, -0.2) is 18.5 Å². The summed E-state index contributed by atoms with van der Waals surface area (Å²) in [5.74, 6) is 0.902. The Hall–Kier alpha value is -1.51. The third-order valence-corrected chi connectivity index (χ3v) is 4.93. The molecular weight excluding hydrogens is 260 g/mol. The number of rotatable bonds is 3. The van der Waals surface area contributed by atoms with E-state index in [4.69, 9.17) is 0 Å². The zero-order chi connectivity index (χ0) is 14.7. The minimum Gasteiger partial charge on any atom is -0.382 e. The number of para-hydroxylation sites is 1. The third kappa shape index (κ3) is 3.39. The van der Waals surface area contributed by atoms with Crippen molar-refractivity contribution in [1.82, 2.24) is 5.32 Å². The van der Waals surface area contributed by atoms with E-state index >= 15 is 0 Å². The molecule has 3 heteroatoms. The van der Waals surface area contributed by atoms with Crippen LogP contribution in [0.25, 0.3) is 0 Å². The summed E-state index contributed by atoms with van der Waals surface area (Å²) in [5, 5.41) is 6.69. The first-order valence-corrected chi connectivity index (χ1v) is 8.37. The second-order valence-electron chi connectivity index (χ2n) is 6.67. The second-order valence-corrected chi connectivity index (χ2v) is 6.67. The Morgan fingerprint density at radius 3 is 2.81 bits per heavy atom. The van der Waals surface area contributed by atoms with E-state index in [0.29, 0.717) is 12.0 Å². The fourth-order valence-corrected chi connectivity index (χ4v) is 3.74. The number of hydrogen-bond acceptors (Lipinski definition) is 2. The monoisotopic (exact) mass is 286 g/mol. The van der Waals surface area contributed by atoms with E-state index < -0.39 is 0 Å². The smallest absolute Gasteiger partial charge is 0.227 e. The predicted octanol–water partition coefficient (Wildman–Crippen LogP) is 3.67. The van der Waals surface area contributed by atoms with Crippen molar-refractivity contribution in [3.8, 4) is 0 Å². The van der Waals surface area contributed by atoms with E-state index in [-0.39, 0.29) is 11.8 Å². The number of carbonyl (C=O) groups excluding carboxylic acids is 1. The summed E-state index contributed by atoms with van der Waals surface area (Å²) in [5.41, 5.74) is 2.27. The van der Waals surface area contributed by atoms with Gasteiger partial charge in [0.15, 0.2) is 0 Å². The Balaban J connectivity index is 1.64. The number of fused-ring (bicyclic) bond motifs is 1. The van der Waals surface area contributed by atoms with Crippen LogP contribution in [0.15, 0.2) is 24.3 Å². The van der Waals surface area contributed by atoms with Crippen LogP contribution in [0.1, 0.15) is 56.9 Å². The molecule has 1 aromatic rings. The van der Waals surface area contributed by atoms with Gasteiger partial charge in [0.05, 0.1) is 5.92 Å². The number of carbonyl (C=O) groups is 1. The topological polar surface area (TPSA) is 41.1 Å². The summed E-state index contributed by atoms with van der Waals surface area (Å²) in [6.07, 6.45) is 7.46. The highest BCUT2D eigenvalue weighted by Gasteiger charge is 2.29. The minimum absolute atomic E-state index is 0.000963. The van der Waals surface area contributed by atoms with Gasteiger partial charge in [0.1, 0.15) is 0 Å². The highest BCUT2D eigenvalue weighted by Crippen LogP contribution is 2.34. The van der Waals surface area contributed by atoms with Crippen molar-refractivity contribution >= 4 is 11.6 Å². The van der Waals surface area contributed by atoms with E-state index in [9.17, 15) is 4.79 Å². The molecule has 1 aliphatic heterocycles. The molecule has 21 heavy (non-hydrogen) atoms. The van der Waals surface area contributed by atoms with Gasteiger partial charge in [0.25, 0.3) is 0 Å². The Bertz CT molecular complexity index is 494. The molecule has 0 radical (unpaired) electrons. The van der Waals surface area contributed by atoms with E-state index in [1.165, 1.54) is 32.1 Å². The Labute approximate surface area is 127 Å². The Morgan fingerprint density at radius 1 is 1.24 bits per heavy atom. The fourth-order valence-electron chi connectivity index (χ4n) is 3.74. The van der Waals surface area contributed by atoms with Crippen molar-refractivity contribution in [2.75, 3.05) is 11.9 Å². The van der Waals surface area contributed by atoms with Gasteiger partial charge in [0.2, 0.25) is 5.91 Å². The first-order chi connectivity index (χ1) is 10.2. The molecule has 2 atom stereocenters. The maximum absolute atomic E-state index is 12.6. The maximum Gasteiger partial charge on any atom is 0.227 e. The largest absolute Gasteiger partial charge is 0.382 e. The van der Waals surface area contributed by atoms with Gasteiger partial charge >= 0.3 is 0 Å². The zero-order valence-electron chi connectivity index (χ0n) is 12.9. The first-order valence-electron chi connectivity index (χ1n) is 8.37. The molecule has 1 fully saturated rings. The molecule has 3 rings (SSSR count). The van der Waals surface area contributed by atoms with Crippen LogP contribution in [-0.2, 0) is 4.79 Å². The molecule has 0 saturated heterocycles. The summed E-state index contributed by atoms with van der Waals surface area (Å²) in [4.78, 5) is 12.6. The van der Waals surface area contributed by atoms with E-state index in [1.54, 1.807) is 0 Å². The van der Waals surface area contributed by atoms with Crippen LogP contribution in [0.2, 0.25) is 0 Å². The molecular formula is C18H26N2O. The molecule has 3 nitrogen and oxygen atoms in total. The number of nitrogens with one attached hydrogen (secondary N) is 2. The molecule has 2 N–H and O–H groups in total. The van der Waals surface area contributed by atoms with Crippen LogP contribution < -0.4 is 10.6 Å². The molecule has 0 aromatic heterocycles. The molecule has 0 unspecified atom stereocenters. The summed E-state index contributed by atoms with van der Waals surface area (Å²) < 4.78 is 0. The normalized spacial score (nSPS) is 25.8. The summed E-state index contributed by atoms with van der Waals surface area (Å²) in [6.45, 7) is 3.01. The number of amides is 1. The van der Waals surface area contributed by atoms with Gasteiger partial charge in [-0.25, -0.2) is 0 Å². The third-order valence-electron chi connectivity index (χ3n) is 4.93. The predicted molar refractivity (Wildman–Crippen MR) is 86.5 cm³/mol. The average molecular weight is 286 g/mol. The first kappa shape index (κ1) is 14.4. The molecule has 1 aromatic carbocycles. The molecule has 1 heterocycles. The van der Waals surface area contributed by atoms with Crippen molar-refractivity contribution in [3.05, 3.63) is 29.8 Å². The highest BCUT2D eigenvalue weighted by atomic mass is 16.1. The lowest BCUT2D eigenvalue weighted by Crippen LogP contribution is -2.38. The lowest BCUT2D eigenvalue weighted by Gasteiger charge is -2.31. The van der Waals surface area contributed by atoms with Crippen molar-refractivity contribution in [2.24, 2.45) is 5.92 Å². The van der Waals surface area contributed by atoms with Gasteiger partial charge in [0, 0.05) is 18.3 Å². The minimum atomic E-state index is 0.000963. The van der Waals surface area contributed by atoms with Crippen LogP contribution in [0.3, 0.4) is 0 Å². The van der Waals surface area contributed by atoms with Gasteiger partial charge in [-0.3, -0.25) is 4.79 Å². The summed E-state index contributed by atoms with van der Waals surface area (Å²) >= 11 is 0. The van der Waals surface area contributed by atoms with Crippen LogP contribution in [0, 0.1) is 5.92 Å². The fraction of sp³-hybridized carbons (Fsp3) is 0.611. The number of benzene rings is 1. The van der Waals surface area contributed by atoms with Crippen molar-refractivity contribution in [3.63, 3.8) is 0 Å². The zero-order valence-corrected chi connectivity index (χ0v) is 12.9. The van der Waals surface area contributed by atoms with E-state index in [0.717, 1.165) is 24.2 Å². The number of anilines is 1. The lowest BCUT2D eigenvalue weighted by molar-refractivity contribution is -0.123. The van der Waals surface area contributed by atoms with E-state index in [1.807, 2.05) is 12.1 Å². The van der Waals surface area contributed by atoms with Crippen molar-refractivity contribution in [1.29, 1.82) is 0 Å². The number of hydrogen-bond donors (Lipinski definition) is 2. The highest BCUT2D eigenvalue weighted by molar-refractivity contribution is 5.86. The maximum atomic E-state index is 12.6. The quantitative estimate of drug-likeness (QED) is 0.890. The van der Waals surface area contributed by atoms with Gasteiger partial charge in [-0.1, -0.05) is 37.5 Å². The van der Waals surface area contributed by atoms with Crippen molar-refractivity contribution < 1.29 is 4.79 Å². The van der Waals surface area contributed by atoms with Gasteiger partial charge in [-0.05, 0) is 43.7 Å². The molecule has 0 spiro atoms. The SMILES string of the molecule is C[C@@H]1C[C@@H](C(=O)NCC2CCCCC2)c2ccccc2N1. The molecule has 1 amide bonds. The Morgan fingerprint density at radius 2 is 2.00 bits per heavy atom. The van der Waals surface area contributed by atoms with Crippen LogP contribution in [0.4, 0.5) is 5.69 Å². The summed E-state index contributed by atoms with van der Waals surface area (Å²) in [7, 11) is 0. The molecule has 1 saturated carbocycles. The van der Waals surface area contributed by atoms with Crippen LogP contribution >= 0.6 is 0 Å². The molecule has 0 bridgehead atoms. The lowest BCUT2D eigenvalue weighted by atomic mass is 9.86. The summed E-state index contributed by atoms with van der Waals surface area (Å²) in [6, 6.07) is 8.56. The van der Waals surface area contributed by atoms with Gasteiger partial charge in [-0.2, -0.15) is 0 Å². The second kappa shape index (κ2) is 6.50. The van der Waals surface area contributed by atoms with Gasteiger partial charge in [-0.15, -0.1) is 0 Å². The molecule has 2 aliphatic rings. The van der Waals surface area contributed by atoms with Gasteiger partial charge < -0.3 is 10.6 Å². The molecule has 114 valence electrons. The Kier molecular flexibility index (Phi) is 4.47.